The molecular weight excluding hydrogens is 332 g/mol. The van der Waals surface area contributed by atoms with Crippen LogP contribution in [0, 0.1) is 0 Å². The average molecular weight is 349 g/mol. The number of anilines is 1. The van der Waals surface area contributed by atoms with Gasteiger partial charge in [-0.1, -0.05) is 29.8 Å². The van der Waals surface area contributed by atoms with Crippen LogP contribution in [0.2, 0.25) is 0 Å². The summed E-state index contributed by atoms with van der Waals surface area (Å²) >= 11 is 3.46. The van der Waals surface area contributed by atoms with Crippen molar-refractivity contribution >= 4 is 27.5 Å². The molecule has 5 heteroatoms. The molecule has 4 N–H and O–H groups in total. The van der Waals surface area contributed by atoms with E-state index in [-0.39, 0.29) is 5.56 Å². The summed E-state index contributed by atoms with van der Waals surface area (Å²) in [7, 11) is 0. The van der Waals surface area contributed by atoms with Gasteiger partial charge in [-0.05, 0) is 47.9 Å². The SMILES string of the molecule is CC(C)c1cc(Br)ccc1Oc1ccc(N)c(C(N)=O)c1. The number of halogens is 1. The van der Waals surface area contributed by atoms with E-state index >= 15 is 0 Å². The van der Waals surface area contributed by atoms with Gasteiger partial charge < -0.3 is 16.2 Å². The first kappa shape index (κ1) is 15.4. The van der Waals surface area contributed by atoms with Crippen LogP contribution >= 0.6 is 15.9 Å². The van der Waals surface area contributed by atoms with E-state index in [0.717, 1.165) is 15.8 Å². The number of hydrogen-bond donors (Lipinski definition) is 2. The molecule has 0 aliphatic heterocycles. The molecule has 0 fully saturated rings. The average Bonchev–Trinajstić information content (AvgIpc) is 2.42. The summed E-state index contributed by atoms with van der Waals surface area (Å²) in [5.41, 5.74) is 12.7. The zero-order chi connectivity index (χ0) is 15.6. The van der Waals surface area contributed by atoms with Crippen molar-refractivity contribution in [3.63, 3.8) is 0 Å². The van der Waals surface area contributed by atoms with Gasteiger partial charge in [0.15, 0.2) is 0 Å². The van der Waals surface area contributed by atoms with E-state index in [4.69, 9.17) is 16.2 Å². The molecule has 0 atom stereocenters. The van der Waals surface area contributed by atoms with E-state index in [1.807, 2.05) is 18.2 Å². The highest BCUT2D eigenvalue weighted by Crippen LogP contribution is 2.33. The highest BCUT2D eigenvalue weighted by atomic mass is 79.9. The Hall–Kier alpha value is -2.01. The number of primary amides is 1. The molecule has 0 spiro atoms. The molecule has 4 nitrogen and oxygen atoms in total. The van der Waals surface area contributed by atoms with Crippen molar-refractivity contribution in [1.82, 2.24) is 0 Å². The Bertz CT molecular complexity index is 684. The second-order valence-corrected chi connectivity index (χ2v) is 5.97. The molecule has 1 amide bonds. The maximum absolute atomic E-state index is 11.3. The normalized spacial score (nSPS) is 10.7. The number of rotatable bonds is 4. The Kier molecular flexibility index (Phi) is 4.53. The lowest BCUT2D eigenvalue weighted by atomic mass is 10.0. The van der Waals surface area contributed by atoms with Gasteiger partial charge in [-0.15, -0.1) is 0 Å². The van der Waals surface area contributed by atoms with E-state index in [1.54, 1.807) is 18.2 Å². The predicted octanol–water partition coefficient (Wildman–Crippen LogP) is 4.05. The molecule has 0 unspecified atom stereocenters. The summed E-state index contributed by atoms with van der Waals surface area (Å²) in [6.45, 7) is 4.18. The first-order chi connectivity index (χ1) is 9.88. The number of benzene rings is 2. The zero-order valence-corrected chi connectivity index (χ0v) is 13.5. The van der Waals surface area contributed by atoms with Crippen LogP contribution in [-0.2, 0) is 0 Å². The minimum Gasteiger partial charge on any atom is -0.457 e. The monoisotopic (exact) mass is 348 g/mol. The third kappa shape index (κ3) is 3.55. The van der Waals surface area contributed by atoms with Gasteiger partial charge in [0, 0.05) is 10.2 Å². The fraction of sp³-hybridized carbons (Fsp3) is 0.188. The third-order valence-electron chi connectivity index (χ3n) is 3.11. The largest absolute Gasteiger partial charge is 0.457 e. The first-order valence-corrected chi connectivity index (χ1v) is 7.34. The lowest BCUT2D eigenvalue weighted by Crippen LogP contribution is -2.13. The highest BCUT2D eigenvalue weighted by Gasteiger charge is 2.12. The number of hydrogen-bond acceptors (Lipinski definition) is 3. The quantitative estimate of drug-likeness (QED) is 0.818. The Morgan fingerprint density at radius 1 is 1.19 bits per heavy atom. The lowest BCUT2D eigenvalue weighted by molar-refractivity contribution is 0.100. The summed E-state index contributed by atoms with van der Waals surface area (Å²) < 4.78 is 6.88. The maximum Gasteiger partial charge on any atom is 0.250 e. The van der Waals surface area contributed by atoms with E-state index in [1.165, 1.54) is 0 Å². The van der Waals surface area contributed by atoms with Gasteiger partial charge in [0.05, 0.1) is 5.56 Å². The van der Waals surface area contributed by atoms with Crippen molar-refractivity contribution in [1.29, 1.82) is 0 Å². The summed E-state index contributed by atoms with van der Waals surface area (Å²) in [6.07, 6.45) is 0. The van der Waals surface area contributed by atoms with Gasteiger partial charge in [-0.3, -0.25) is 4.79 Å². The topological polar surface area (TPSA) is 78.3 Å². The molecule has 110 valence electrons. The smallest absolute Gasteiger partial charge is 0.250 e. The number of carbonyl (C=O) groups excluding carboxylic acids is 1. The van der Waals surface area contributed by atoms with Crippen LogP contribution in [0.15, 0.2) is 40.9 Å². The number of nitrogens with two attached hydrogens (primary N) is 2. The molecule has 2 aromatic rings. The fourth-order valence-corrected chi connectivity index (χ4v) is 2.38. The minimum atomic E-state index is -0.571. The van der Waals surface area contributed by atoms with Crippen molar-refractivity contribution in [3.8, 4) is 11.5 Å². The third-order valence-corrected chi connectivity index (χ3v) is 3.61. The van der Waals surface area contributed by atoms with Crippen LogP contribution < -0.4 is 16.2 Å². The lowest BCUT2D eigenvalue weighted by Gasteiger charge is -2.15. The van der Waals surface area contributed by atoms with Crippen molar-refractivity contribution in [2.45, 2.75) is 19.8 Å². The fourth-order valence-electron chi connectivity index (χ4n) is 2.00. The number of amides is 1. The summed E-state index contributed by atoms with van der Waals surface area (Å²) in [6, 6.07) is 10.7. The van der Waals surface area contributed by atoms with E-state index in [2.05, 4.69) is 29.8 Å². The van der Waals surface area contributed by atoms with Crippen LogP contribution in [0.1, 0.15) is 35.7 Å². The molecule has 0 radical (unpaired) electrons. The van der Waals surface area contributed by atoms with Gasteiger partial charge in [-0.25, -0.2) is 0 Å². The van der Waals surface area contributed by atoms with Gasteiger partial charge in [-0.2, -0.15) is 0 Å². The van der Waals surface area contributed by atoms with E-state index in [0.29, 0.717) is 17.4 Å². The minimum absolute atomic E-state index is 0.260. The molecule has 0 aromatic heterocycles. The van der Waals surface area contributed by atoms with Gasteiger partial charge in [0.2, 0.25) is 0 Å². The van der Waals surface area contributed by atoms with Crippen LogP contribution in [0.3, 0.4) is 0 Å². The predicted molar refractivity (Wildman–Crippen MR) is 87.7 cm³/mol. The number of nitrogen functional groups attached to an aromatic ring is 1. The summed E-state index contributed by atoms with van der Waals surface area (Å²) in [4.78, 5) is 11.3. The van der Waals surface area contributed by atoms with E-state index in [9.17, 15) is 4.79 Å². The van der Waals surface area contributed by atoms with E-state index < -0.39 is 5.91 Å². The highest BCUT2D eigenvalue weighted by molar-refractivity contribution is 9.10. The van der Waals surface area contributed by atoms with Crippen molar-refractivity contribution in [2.24, 2.45) is 5.73 Å². The maximum atomic E-state index is 11.3. The van der Waals surface area contributed by atoms with Crippen molar-refractivity contribution in [2.75, 3.05) is 5.73 Å². The molecule has 0 saturated carbocycles. The molecule has 0 aliphatic carbocycles. The molecular formula is C16H17BrN2O2. The standard InChI is InChI=1S/C16H17BrN2O2/c1-9(2)12-7-10(17)3-6-15(12)21-11-4-5-14(18)13(8-11)16(19)20/h3-9H,18H2,1-2H3,(H2,19,20). The second kappa shape index (κ2) is 6.18. The molecule has 0 saturated heterocycles. The Morgan fingerprint density at radius 2 is 1.90 bits per heavy atom. The summed E-state index contributed by atoms with van der Waals surface area (Å²) in [5.74, 6) is 1.01. The van der Waals surface area contributed by atoms with Crippen molar-refractivity contribution < 1.29 is 9.53 Å². The Labute approximate surface area is 132 Å². The number of carbonyl (C=O) groups is 1. The zero-order valence-electron chi connectivity index (χ0n) is 11.9. The molecule has 21 heavy (non-hydrogen) atoms. The van der Waals surface area contributed by atoms with Gasteiger partial charge in [0.1, 0.15) is 11.5 Å². The van der Waals surface area contributed by atoms with Crippen LogP contribution in [-0.4, -0.2) is 5.91 Å². The summed E-state index contributed by atoms with van der Waals surface area (Å²) in [5, 5.41) is 0. The Balaban J connectivity index is 2.39. The van der Waals surface area contributed by atoms with Crippen LogP contribution in [0.5, 0.6) is 11.5 Å². The second-order valence-electron chi connectivity index (χ2n) is 5.05. The van der Waals surface area contributed by atoms with Gasteiger partial charge >= 0.3 is 0 Å². The molecule has 2 aromatic carbocycles. The molecule has 0 aliphatic rings. The Morgan fingerprint density at radius 3 is 2.52 bits per heavy atom. The molecule has 0 heterocycles. The molecule has 0 bridgehead atoms. The van der Waals surface area contributed by atoms with Crippen LogP contribution in [0.25, 0.3) is 0 Å². The first-order valence-electron chi connectivity index (χ1n) is 6.55. The number of ether oxygens (including phenoxy) is 1. The van der Waals surface area contributed by atoms with Gasteiger partial charge in [0.25, 0.3) is 5.91 Å². The van der Waals surface area contributed by atoms with Crippen LogP contribution in [0.4, 0.5) is 5.69 Å². The van der Waals surface area contributed by atoms with Crippen molar-refractivity contribution in [3.05, 3.63) is 52.0 Å². The molecule has 2 rings (SSSR count).